The third-order valence-corrected chi connectivity index (χ3v) is 4.27. The highest BCUT2D eigenvalue weighted by Crippen LogP contribution is 2.27. The summed E-state index contributed by atoms with van der Waals surface area (Å²) < 4.78 is 1.68. The third-order valence-electron chi connectivity index (χ3n) is 4.27. The second-order valence-corrected chi connectivity index (χ2v) is 6.02. The number of hydrogen-bond donors (Lipinski definition) is 1. The molecule has 0 amide bonds. The van der Waals surface area contributed by atoms with Crippen LogP contribution in [-0.2, 0) is 6.67 Å². The van der Waals surface area contributed by atoms with E-state index in [1.165, 1.54) is 0 Å². The van der Waals surface area contributed by atoms with E-state index in [1.54, 1.807) is 11.5 Å². The van der Waals surface area contributed by atoms with Crippen molar-refractivity contribution in [3.05, 3.63) is 51.4 Å². The molecule has 23 heavy (non-hydrogen) atoms. The maximum atomic E-state index is 12.6. The van der Waals surface area contributed by atoms with Gasteiger partial charge in [0.05, 0.1) is 19.9 Å². The van der Waals surface area contributed by atoms with E-state index in [4.69, 9.17) is 0 Å². The maximum Gasteiger partial charge on any atom is 0.259 e. The van der Waals surface area contributed by atoms with Gasteiger partial charge in [0.15, 0.2) is 0 Å². The highest BCUT2D eigenvalue weighted by Gasteiger charge is 2.26. The van der Waals surface area contributed by atoms with Gasteiger partial charge >= 0.3 is 0 Å². The predicted octanol–water partition coefficient (Wildman–Crippen LogP) is 1.53. The van der Waals surface area contributed by atoms with Gasteiger partial charge in [0.1, 0.15) is 0 Å². The second-order valence-electron chi connectivity index (χ2n) is 6.02. The summed E-state index contributed by atoms with van der Waals surface area (Å²) in [7, 11) is 0. The molecule has 2 heterocycles. The van der Waals surface area contributed by atoms with Crippen LogP contribution < -0.4 is 10.5 Å². The van der Waals surface area contributed by atoms with Gasteiger partial charge in [0.25, 0.3) is 5.56 Å². The summed E-state index contributed by atoms with van der Waals surface area (Å²) in [5.41, 5.74) is 3.56. The molecule has 0 saturated carbocycles. The Morgan fingerprint density at radius 3 is 2.70 bits per heavy atom. The third kappa shape index (κ3) is 2.87. The Morgan fingerprint density at radius 2 is 2.00 bits per heavy atom. The smallest absolute Gasteiger partial charge is 0.259 e. The van der Waals surface area contributed by atoms with E-state index in [0.29, 0.717) is 31.4 Å². The SMILES string of the molecule is Cc1cccc(N2CN(CCO)Cn3c2nc(C)c(C)c3=O)c1. The number of aryl methyl sites for hydroxylation is 2. The molecule has 2 aromatic rings. The molecule has 0 bridgehead atoms. The van der Waals surface area contributed by atoms with Gasteiger partial charge in [-0.2, -0.15) is 0 Å². The maximum absolute atomic E-state index is 12.6. The van der Waals surface area contributed by atoms with Gasteiger partial charge in [0.2, 0.25) is 5.95 Å². The van der Waals surface area contributed by atoms with E-state index >= 15 is 0 Å². The van der Waals surface area contributed by atoms with Crippen molar-refractivity contribution >= 4 is 11.6 Å². The minimum atomic E-state index is -0.0206. The predicted molar refractivity (Wildman–Crippen MR) is 89.9 cm³/mol. The molecular weight excluding hydrogens is 292 g/mol. The van der Waals surface area contributed by atoms with Gasteiger partial charge in [-0.1, -0.05) is 12.1 Å². The first-order valence-electron chi connectivity index (χ1n) is 7.76. The lowest BCUT2D eigenvalue weighted by Gasteiger charge is -2.38. The largest absolute Gasteiger partial charge is 0.395 e. The lowest BCUT2D eigenvalue weighted by molar-refractivity contribution is 0.152. The molecule has 1 aliphatic rings. The Kier molecular flexibility index (Phi) is 4.19. The fourth-order valence-corrected chi connectivity index (χ4v) is 2.86. The molecule has 0 unspecified atom stereocenters. The van der Waals surface area contributed by atoms with Gasteiger partial charge in [-0.25, -0.2) is 4.98 Å². The first kappa shape index (κ1) is 15.7. The Balaban J connectivity index is 2.15. The van der Waals surface area contributed by atoms with Crippen LogP contribution in [0.15, 0.2) is 29.1 Å². The first-order valence-corrected chi connectivity index (χ1v) is 7.76. The molecule has 0 saturated heterocycles. The number of aromatic nitrogens is 2. The summed E-state index contributed by atoms with van der Waals surface area (Å²) in [4.78, 5) is 21.4. The minimum absolute atomic E-state index is 0.0206. The zero-order chi connectivity index (χ0) is 16.6. The molecule has 0 fully saturated rings. The van der Waals surface area contributed by atoms with Crippen LogP contribution in [0.3, 0.4) is 0 Å². The average molecular weight is 314 g/mol. The van der Waals surface area contributed by atoms with E-state index in [-0.39, 0.29) is 12.2 Å². The van der Waals surface area contributed by atoms with Crippen molar-refractivity contribution in [2.75, 3.05) is 24.7 Å². The molecular formula is C17H22N4O2. The summed E-state index contributed by atoms with van der Waals surface area (Å²) in [6.07, 6.45) is 0. The molecule has 1 N–H and O–H groups in total. The summed E-state index contributed by atoms with van der Waals surface area (Å²) in [6.45, 7) is 7.33. The van der Waals surface area contributed by atoms with Crippen LogP contribution in [0.25, 0.3) is 0 Å². The number of benzene rings is 1. The fourth-order valence-electron chi connectivity index (χ4n) is 2.86. The number of hydrogen-bond acceptors (Lipinski definition) is 5. The lowest BCUT2D eigenvalue weighted by Crippen LogP contribution is -2.48. The van der Waals surface area contributed by atoms with Gasteiger partial charge in [-0.05, 0) is 38.5 Å². The minimum Gasteiger partial charge on any atom is -0.395 e. The number of aliphatic hydroxyl groups is 1. The molecule has 6 nitrogen and oxygen atoms in total. The number of aliphatic hydroxyl groups excluding tert-OH is 1. The van der Waals surface area contributed by atoms with Gasteiger partial charge in [-0.3, -0.25) is 19.2 Å². The quantitative estimate of drug-likeness (QED) is 0.931. The molecule has 0 aliphatic carbocycles. The standard InChI is InChI=1S/C17H22N4O2/c1-12-5-4-6-15(9-12)20-10-19(7-8-22)11-21-16(23)13(2)14(3)18-17(20)21/h4-6,9,22H,7-8,10-11H2,1-3H3. The zero-order valence-electron chi connectivity index (χ0n) is 13.8. The van der Waals surface area contributed by atoms with Crippen LogP contribution in [0.5, 0.6) is 0 Å². The molecule has 0 atom stereocenters. The van der Waals surface area contributed by atoms with E-state index in [2.05, 4.69) is 11.1 Å². The van der Waals surface area contributed by atoms with E-state index in [9.17, 15) is 9.90 Å². The highest BCUT2D eigenvalue weighted by molar-refractivity contribution is 5.59. The van der Waals surface area contributed by atoms with Crippen LogP contribution in [-0.4, -0.2) is 39.4 Å². The molecule has 1 aromatic carbocycles. The average Bonchev–Trinajstić information content (AvgIpc) is 2.53. The van der Waals surface area contributed by atoms with Gasteiger partial charge in [0, 0.05) is 23.5 Å². The van der Waals surface area contributed by atoms with E-state index in [0.717, 1.165) is 16.9 Å². The van der Waals surface area contributed by atoms with Crippen molar-refractivity contribution in [2.45, 2.75) is 27.4 Å². The summed E-state index contributed by atoms with van der Waals surface area (Å²) in [5, 5.41) is 9.27. The number of fused-ring (bicyclic) bond motifs is 1. The van der Waals surface area contributed by atoms with Crippen molar-refractivity contribution in [1.82, 2.24) is 14.5 Å². The van der Waals surface area contributed by atoms with Crippen molar-refractivity contribution in [3.8, 4) is 0 Å². The summed E-state index contributed by atoms with van der Waals surface area (Å²) in [6, 6.07) is 8.13. The summed E-state index contributed by atoms with van der Waals surface area (Å²) in [5.74, 6) is 0.665. The van der Waals surface area contributed by atoms with E-state index in [1.807, 2.05) is 41.8 Å². The Hall–Kier alpha value is -2.18. The topological polar surface area (TPSA) is 61.6 Å². The van der Waals surface area contributed by atoms with Crippen LogP contribution in [0.4, 0.5) is 11.6 Å². The second kappa shape index (κ2) is 6.14. The first-order chi connectivity index (χ1) is 11.0. The Morgan fingerprint density at radius 1 is 1.22 bits per heavy atom. The summed E-state index contributed by atoms with van der Waals surface area (Å²) >= 11 is 0. The molecule has 0 radical (unpaired) electrons. The molecule has 122 valence electrons. The number of rotatable bonds is 3. The van der Waals surface area contributed by atoms with Gasteiger partial charge < -0.3 is 5.11 Å². The Labute approximate surface area is 135 Å². The van der Waals surface area contributed by atoms with Gasteiger partial charge in [-0.15, -0.1) is 0 Å². The lowest BCUT2D eigenvalue weighted by atomic mass is 10.2. The molecule has 6 heteroatoms. The number of nitrogens with zero attached hydrogens (tertiary/aromatic N) is 4. The molecule has 0 spiro atoms. The highest BCUT2D eigenvalue weighted by atomic mass is 16.3. The molecule has 3 rings (SSSR count). The normalized spacial score (nSPS) is 14.9. The van der Waals surface area contributed by atoms with Crippen molar-refractivity contribution in [3.63, 3.8) is 0 Å². The van der Waals surface area contributed by atoms with Crippen LogP contribution >= 0.6 is 0 Å². The molecule has 1 aromatic heterocycles. The van der Waals surface area contributed by atoms with Crippen molar-refractivity contribution in [1.29, 1.82) is 0 Å². The number of anilines is 2. The van der Waals surface area contributed by atoms with Crippen molar-refractivity contribution < 1.29 is 5.11 Å². The fraction of sp³-hybridized carbons (Fsp3) is 0.412. The van der Waals surface area contributed by atoms with Crippen molar-refractivity contribution in [2.24, 2.45) is 0 Å². The van der Waals surface area contributed by atoms with Crippen LogP contribution in [0.1, 0.15) is 16.8 Å². The van der Waals surface area contributed by atoms with Crippen LogP contribution in [0, 0.1) is 20.8 Å². The van der Waals surface area contributed by atoms with E-state index < -0.39 is 0 Å². The monoisotopic (exact) mass is 314 g/mol. The zero-order valence-corrected chi connectivity index (χ0v) is 13.8. The molecule has 1 aliphatic heterocycles. The van der Waals surface area contributed by atoms with Crippen LogP contribution in [0.2, 0.25) is 0 Å². The number of β-amino-alcohol motifs (C(OH)–C–C–N with tert-alkyl or cyclic N) is 1. The Bertz CT molecular complexity index is 785.